The molecule has 2 atom stereocenters. The first-order chi connectivity index (χ1) is 12.1. The normalized spacial score (nSPS) is 20.8. The summed E-state index contributed by atoms with van der Waals surface area (Å²) in [5.74, 6) is 0. The molecule has 2 unspecified atom stereocenters. The number of fused-ring (bicyclic) bond motifs is 1. The number of anilines is 1. The average molecular weight is 353 g/mol. The highest BCUT2D eigenvalue weighted by molar-refractivity contribution is 7.21. The Morgan fingerprint density at radius 1 is 1.12 bits per heavy atom. The molecule has 0 radical (unpaired) electrons. The summed E-state index contributed by atoms with van der Waals surface area (Å²) in [5, 5.41) is 0.833. The number of hydrogen-bond acceptors (Lipinski definition) is 6. The summed E-state index contributed by atoms with van der Waals surface area (Å²) in [7, 11) is 0. The van der Waals surface area contributed by atoms with Crippen LogP contribution < -0.4 is 4.90 Å². The Morgan fingerprint density at radius 3 is 2.60 bits per heavy atom. The summed E-state index contributed by atoms with van der Waals surface area (Å²) in [4.78, 5) is 23.0. The van der Waals surface area contributed by atoms with Crippen LogP contribution in [0, 0.1) is 0 Å². The highest BCUT2D eigenvalue weighted by atomic mass is 32.1. The Labute approximate surface area is 150 Å². The van der Waals surface area contributed by atoms with E-state index in [4.69, 9.17) is 4.74 Å². The van der Waals surface area contributed by atoms with Crippen LogP contribution in [0.2, 0.25) is 0 Å². The minimum absolute atomic E-state index is 0.132. The molecule has 5 nitrogen and oxygen atoms in total. The zero-order chi connectivity index (χ0) is 17.4. The number of pyridine rings is 1. The van der Waals surface area contributed by atoms with Gasteiger partial charge in [-0.25, -0.2) is 9.97 Å². The second kappa shape index (κ2) is 6.54. The van der Waals surface area contributed by atoms with Gasteiger partial charge in [0.1, 0.15) is 10.7 Å². The zero-order valence-corrected chi connectivity index (χ0v) is 15.0. The summed E-state index contributed by atoms with van der Waals surface area (Å²) in [6.45, 7) is 5.61. The largest absolute Gasteiger partial charge is 0.372 e. The molecule has 4 rings (SSSR count). The maximum absolute atomic E-state index is 11.7. The van der Waals surface area contributed by atoms with Crippen molar-refractivity contribution in [3.05, 3.63) is 42.1 Å². The van der Waals surface area contributed by atoms with Gasteiger partial charge in [0.15, 0.2) is 6.29 Å². The van der Waals surface area contributed by atoms with Crippen molar-refractivity contribution in [1.82, 2.24) is 9.97 Å². The number of aromatic nitrogens is 2. The SMILES string of the molecule is CC1CN(c2ccc(-c3nc4ccccc4s3)nc2C=O)CC(C)O1. The van der Waals surface area contributed by atoms with Crippen LogP contribution in [0.4, 0.5) is 5.69 Å². The molecule has 0 amide bonds. The van der Waals surface area contributed by atoms with E-state index in [-0.39, 0.29) is 12.2 Å². The van der Waals surface area contributed by atoms with E-state index < -0.39 is 0 Å². The summed E-state index contributed by atoms with van der Waals surface area (Å²) >= 11 is 1.59. The number of thiazole rings is 1. The van der Waals surface area contributed by atoms with Gasteiger partial charge < -0.3 is 9.64 Å². The second-order valence-electron chi connectivity index (χ2n) is 6.37. The molecule has 0 saturated carbocycles. The minimum Gasteiger partial charge on any atom is -0.372 e. The Hall–Kier alpha value is -2.31. The molecule has 1 fully saturated rings. The number of hydrogen-bond donors (Lipinski definition) is 0. The number of benzene rings is 1. The van der Waals surface area contributed by atoms with Crippen molar-refractivity contribution in [2.45, 2.75) is 26.1 Å². The van der Waals surface area contributed by atoms with Gasteiger partial charge in [-0.15, -0.1) is 11.3 Å². The molecule has 128 valence electrons. The Bertz CT molecular complexity index is 881. The fraction of sp³-hybridized carbons (Fsp3) is 0.316. The predicted molar refractivity (Wildman–Crippen MR) is 100 cm³/mol. The fourth-order valence-corrected chi connectivity index (χ4v) is 4.23. The summed E-state index contributed by atoms with van der Waals surface area (Å²) in [5.41, 5.74) is 3.01. The molecular weight excluding hydrogens is 334 g/mol. The number of aldehydes is 1. The van der Waals surface area contributed by atoms with Gasteiger partial charge in [-0.2, -0.15) is 0 Å². The topological polar surface area (TPSA) is 55.3 Å². The molecule has 0 bridgehead atoms. The lowest BCUT2D eigenvalue weighted by atomic mass is 10.1. The van der Waals surface area contributed by atoms with Gasteiger partial charge in [0.2, 0.25) is 0 Å². The third kappa shape index (κ3) is 3.15. The molecule has 3 heterocycles. The van der Waals surface area contributed by atoms with Gasteiger partial charge in [-0.05, 0) is 38.1 Å². The zero-order valence-electron chi connectivity index (χ0n) is 14.2. The van der Waals surface area contributed by atoms with Crippen molar-refractivity contribution in [2.24, 2.45) is 0 Å². The Morgan fingerprint density at radius 2 is 1.88 bits per heavy atom. The van der Waals surface area contributed by atoms with Gasteiger partial charge >= 0.3 is 0 Å². The highest BCUT2D eigenvalue weighted by Crippen LogP contribution is 2.31. The van der Waals surface area contributed by atoms with Crippen molar-refractivity contribution in [1.29, 1.82) is 0 Å². The summed E-state index contributed by atoms with van der Waals surface area (Å²) in [6.07, 6.45) is 1.09. The van der Waals surface area contributed by atoms with Gasteiger partial charge in [-0.1, -0.05) is 12.1 Å². The van der Waals surface area contributed by atoms with Gasteiger partial charge in [0, 0.05) is 13.1 Å². The molecule has 0 spiro atoms. The minimum atomic E-state index is 0.132. The molecule has 1 saturated heterocycles. The lowest BCUT2D eigenvalue weighted by Gasteiger charge is -2.37. The van der Waals surface area contributed by atoms with Crippen LogP contribution in [0.3, 0.4) is 0 Å². The molecular formula is C19H19N3O2S. The van der Waals surface area contributed by atoms with Crippen molar-refractivity contribution in [2.75, 3.05) is 18.0 Å². The molecule has 6 heteroatoms. The lowest BCUT2D eigenvalue weighted by Crippen LogP contribution is -2.45. The van der Waals surface area contributed by atoms with E-state index >= 15 is 0 Å². The first-order valence-electron chi connectivity index (χ1n) is 8.36. The standard InChI is InChI=1S/C19H19N3O2S/c1-12-9-22(10-13(2)24-12)17-8-7-15(20-16(17)11-23)19-21-14-5-3-4-6-18(14)25-19/h3-8,11-13H,9-10H2,1-2H3. The van der Waals surface area contributed by atoms with Crippen LogP contribution in [-0.4, -0.2) is 41.6 Å². The quantitative estimate of drug-likeness (QED) is 0.671. The van der Waals surface area contributed by atoms with Crippen LogP contribution in [0.1, 0.15) is 24.3 Å². The predicted octanol–water partition coefficient (Wildman–Crippen LogP) is 3.78. The maximum Gasteiger partial charge on any atom is 0.170 e. The van der Waals surface area contributed by atoms with E-state index in [1.165, 1.54) is 0 Å². The fourth-order valence-electron chi connectivity index (χ4n) is 3.30. The van der Waals surface area contributed by atoms with E-state index in [1.807, 2.05) is 50.2 Å². The third-order valence-corrected chi connectivity index (χ3v) is 5.35. The number of para-hydroxylation sites is 1. The lowest BCUT2D eigenvalue weighted by molar-refractivity contribution is -0.00527. The summed E-state index contributed by atoms with van der Waals surface area (Å²) in [6, 6.07) is 11.9. The molecule has 2 aromatic heterocycles. The maximum atomic E-state index is 11.7. The van der Waals surface area contributed by atoms with Gasteiger partial charge in [-0.3, -0.25) is 4.79 Å². The molecule has 25 heavy (non-hydrogen) atoms. The van der Waals surface area contributed by atoms with Crippen molar-refractivity contribution in [3.63, 3.8) is 0 Å². The van der Waals surface area contributed by atoms with Crippen molar-refractivity contribution < 1.29 is 9.53 Å². The van der Waals surface area contributed by atoms with Crippen molar-refractivity contribution >= 4 is 33.5 Å². The smallest absolute Gasteiger partial charge is 0.170 e. The number of nitrogens with zero attached hydrogens (tertiary/aromatic N) is 3. The van der Waals surface area contributed by atoms with Crippen LogP contribution in [0.15, 0.2) is 36.4 Å². The van der Waals surface area contributed by atoms with E-state index in [9.17, 15) is 4.79 Å². The van der Waals surface area contributed by atoms with Gasteiger partial charge in [0.25, 0.3) is 0 Å². The van der Waals surface area contributed by atoms with E-state index in [0.717, 1.165) is 46.0 Å². The highest BCUT2D eigenvalue weighted by Gasteiger charge is 2.24. The molecule has 0 aliphatic carbocycles. The van der Waals surface area contributed by atoms with E-state index in [1.54, 1.807) is 11.3 Å². The van der Waals surface area contributed by atoms with Crippen LogP contribution >= 0.6 is 11.3 Å². The monoisotopic (exact) mass is 353 g/mol. The van der Waals surface area contributed by atoms with Crippen LogP contribution in [-0.2, 0) is 4.74 Å². The van der Waals surface area contributed by atoms with E-state index in [0.29, 0.717) is 5.69 Å². The van der Waals surface area contributed by atoms with Crippen LogP contribution in [0.5, 0.6) is 0 Å². The second-order valence-corrected chi connectivity index (χ2v) is 7.40. The number of rotatable bonds is 3. The number of carbonyl (C=O) groups excluding carboxylic acids is 1. The number of carbonyl (C=O) groups is 1. The molecule has 1 aliphatic heterocycles. The third-order valence-electron chi connectivity index (χ3n) is 4.29. The summed E-state index contributed by atoms with van der Waals surface area (Å²) < 4.78 is 6.90. The first kappa shape index (κ1) is 16.2. The van der Waals surface area contributed by atoms with Crippen molar-refractivity contribution in [3.8, 4) is 10.7 Å². The number of morpholine rings is 1. The molecule has 1 aromatic carbocycles. The Balaban J connectivity index is 1.71. The van der Waals surface area contributed by atoms with Gasteiger partial charge in [0.05, 0.1) is 33.8 Å². The first-order valence-corrected chi connectivity index (χ1v) is 9.18. The van der Waals surface area contributed by atoms with Crippen LogP contribution in [0.25, 0.3) is 20.9 Å². The Kier molecular flexibility index (Phi) is 4.23. The molecule has 3 aromatic rings. The number of ether oxygens (including phenoxy) is 1. The average Bonchev–Trinajstić information content (AvgIpc) is 3.04. The molecule has 1 aliphatic rings. The van der Waals surface area contributed by atoms with E-state index in [2.05, 4.69) is 14.9 Å². The molecule has 0 N–H and O–H groups in total.